The van der Waals surface area contributed by atoms with Gasteiger partial charge in [0.2, 0.25) is 0 Å². The first-order valence-corrected chi connectivity index (χ1v) is 3.89. The number of carboxylic acid groups (broad SMARTS) is 1. The highest BCUT2D eigenvalue weighted by Crippen LogP contribution is 2.40. The Hall–Kier alpha value is -0.790. The lowest BCUT2D eigenvalue weighted by molar-refractivity contribution is -0.133. The Bertz CT molecular complexity index is 214. The van der Waals surface area contributed by atoms with Crippen molar-refractivity contribution in [2.24, 2.45) is 11.3 Å². The van der Waals surface area contributed by atoms with Crippen molar-refractivity contribution in [3.8, 4) is 0 Å². The Kier molecular flexibility index (Phi) is 1.78. The van der Waals surface area contributed by atoms with E-state index >= 15 is 0 Å². The average molecular weight is 154 g/mol. The van der Waals surface area contributed by atoms with Crippen molar-refractivity contribution in [3.05, 3.63) is 11.6 Å². The molecule has 1 aliphatic rings. The van der Waals surface area contributed by atoms with E-state index in [4.69, 9.17) is 5.11 Å². The Balaban J connectivity index is 2.92. The van der Waals surface area contributed by atoms with Gasteiger partial charge in [-0.2, -0.15) is 0 Å². The quantitative estimate of drug-likeness (QED) is 0.627. The third kappa shape index (κ3) is 1.44. The Morgan fingerprint density at radius 3 is 2.45 bits per heavy atom. The summed E-state index contributed by atoms with van der Waals surface area (Å²) in [5.74, 6) is -0.351. The summed E-state index contributed by atoms with van der Waals surface area (Å²) in [5.41, 5.74) is 0.440. The maximum Gasteiger partial charge on any atom is 0.331 e. The van der Waals surface area contributed by atoms with Crippen LogP contribution in [0.4, 0.5) is 0 Å². The molecule has 0 spiro atoms. The number of allylic oxidation sites excluding steroid dienone is 1. The van der Waals surface area contributed by atoms with Crippen LogP contribution >= 0.6 is 0 Å². The van der Waals surface area contributed by atoms with E-state index in [0.29, 0.717) is 11.5 Å². The van der Waals surface area contributed by atoms with Gasteiger partial charge < -0.3 is 5.11 Å². The van der Waals surface area contributed by atoms with Crippen LogP contribution in [0.25, 0.3) is 0 Å². The fourth-order valence-corrected chi connectivity index (χ4v) is 1.84. The van der Waals surface area contributed by atoms with Crippen molar-refractivity contribution in [3.63, 3.8) is 0 Å². The van der Waals surface area contributed by atoms with Gasteiger partial charge >= 0.3 is 5.97 Å². The van der Waals surface area contributed by atoms with Crippen LogP contribution < -0.4 is 0 Å². The van der Waals surface area contributed by atoms with E-state index < -0.39 is 5.97 Å². The van der Waals surface area contributed by atoms with Crippen LogP contribution in [0, 0.1) is 11.3 Å². The smallest absolute Gasteiger partial charge is 0.331 e. The molecule has 0 aromatic carbocycles. The lowest BCUT2D eigenvalue weighted by Crippen LogP contribution is -2.17. The van der Waals surface area contributed by atoms with Gasteiger partial charge in [-0.05, 0) is 17.8 Å². The number of hydrogen-bond acceptors (Lipinski definition) is 1. The van der Waals surface area contributed by atoms with Gasteiger partial charge in [0.15, 0.2) is 0 Å². The highest BCUT2D eigenvalue weighted by atomic mass is 16.4. The first kappa shape index (κ1) is 8.31. The van der Waals surface area contributed by atoms with Crippen LogP contribution in [0.15, 0.2) is 11.6 Å². The molecule has 0 fully saturated rings. The zero-order valence-electron chi connectivity index (χ0n) is 7.22. The predicted molar refractivity (Wildman–Crippen MR) is 43.3 cm³/mol. The number of aliphatic carboxylic acids is 1. The van der Waals surface area contributed by atoms with Crippen molar-refractivity contribution < 1.29 is 9.90 Å². The van der Waals surface area contributed by atoms with Crippen LogP contribution in [0.5, 0.6) is 0 Å². The molecule has 1 atom stereocenters. The summed E-state index contributed by atoms with van der Waals surface area (Å²) in [6.07, 6.45) is 2.82. The first-order valence-electron chi connectivity index (χ1n) is 3.89. The van der Waals surface area contributed by atoms with Gasteiger partial charge in [0, 0.05) is 5.57 Å². The molecule has 0 saturated carbocycles. The van der Waals surface area contributed by atoms with E-state index in [-0.39, 0.29) is 5.41 Å². The molecule has 1 aliphatic carbocycles. The summed E-state index contributed by atoms with van der Waals surface area (Å²) in [6, 6.07) is 0. The highest BCUT2D eigenvalue weighted by molar-refractivity contribution is 5.88. The SMILES string of the molecule is CC1C=C(C(=O)O)C(C)(C)C1. The first-order chi connectivity index (χ1) is 4.93. The van der Waals surface area contributed by atoms with Crippen LogP contribution in [0.1, 0.15) is 27.2 Å². The number of carboxylic acids is 1. The standard InChI is InChI=1S/C9H14O2/c1-6-4-7(8(10)11)9(2,3)5-6/h4,6H,5H2,1-3H3,(H,10,11). The molecule has 0 aromatic heterocycles. The number of carbonyl (C=O) groups is 1. The van der Waals surface area contributed by atoms with Crippen LogP contribution in [0.3, 0.4) is 0 Å². The van der Waals surface area contributed by atoms with Gasteiger partial charge in [0.25, 0.3) is 0 Å². The van der Waals surface area contributed by atoms with E-state index in [1.807, 2.05) is 19.9 Å². The van der Waals surface area contributed by atoms with Crippen molar-refractivity contribution in [2.45, 2.75) is 27.2 Å². The largest absolute Gasteiger partial charge is 0.478 e. The minimum atomic E-state index is -0.764. The summed E-state index contributed by atoms with van der Waals surface area (Å²) in [7, 11) is 0. The van der Waals surface area contributed by atoms with Crippen molar-refractivity contribution in [1.82, 2.24) is 0 Å². The Morgan fingerprint density at radius 1 is 1.73 bits per heavy atom. The van der Waals surface area contributed by atoms with Crippen molar-refractivity contribution >= 4 is 5.97 Å². The topological polar surface area (TPSA) is 37.3 Å². The van der Waals surface area contributed by atoms with Gasteiger partial charge in [-0.3, -0.25) is 0 Å². The van der Waals surface area contributed by atoms with E-state index in [9.17, 15) is 4.79 Å². The minimum Gasteiger partial charge on any atom is -0.478 e. The molecule has 0 saturated heterocycles. The van der Waals surface area contributed by atoms with Gasteiger partial charge in [0.1, 0.15) is 0 Å². The molecule has 0 aliphatic heterocycles. The van der Waals surface area contributed by atoms with Gasteiger partial charge in [0.05, 0.1) is 0 Å². The monoisotopic (exact) mass is 154 g/mol. The minimum absolute atomic E-state index is 0.134. The molecule has 62 valence electrons. The van der Waals surface area contributed by atoms with Crippen LogP contribution in [-0.4, -0.2) is 11.1 Å². The second-order valence-corrected chi connectivity index (χ2v) is 3.95. The molecule has 2 heteroatoms. The van der Waals surface area contributed by atoms with Crippen molar-refractivity contribution in [2.75, 3.05) is 0 Å². The summed E-state index contributed by atoms with van der Waals surface area (Å²) < 4.78 is 0. The van der Waals surface area contributed by atoms with Crippen LogP contribution in [-0.2, 0) is 4.79 Å². The van der Waals surface area contributed by atoms with Gasteiger partial charge in [-0.15, -0.1) is 0 Å². The third-order valence-corrected chi connectivity index (χ3v) is 2.24. The van der Waals surface area contributed by atoms with E-state index in [1.54, 1.807) is 0 Å². The summed E-state index contributed by atoms with van der Waals surface area (Å²) >= 11 is 0. The normalized spacial score (nSPS) is 28.3. The molecule has 1 unspecified atom stereocenters. The lowest BCUT2D eigenvalue weighted by atomic mass is 9.85. The molecule has 0 amide bonds. The van der Waals surface area contributed by atoms with Crippen LogP contribution in [0.2, 0.25) is 0 Å². The molecule has 0 aromatic rings. The van der Waals surface area contributed by atoms with E-state index in [0.717, 1.165) is 6.42 Å². The molecular weight excluding hydrogens is 140 g/mol. The van der Waals surface area contributed by atoms with E-state index in [1.165, 1.54) is 0 Å². The number of rotatable bonds is 1. The summed E-state index contributed by atoms with van der Waals surface area (Å²) in [6.45, 7) is 6.02. The molecule has 1 N–H and O–H groups in total. The molecule has 0 heterocycles. The fraction of sp³-hybridized carbons (Fsp3) is 0.667. The lowest BCUT2D eigenvalue weighted by Gasteiger charge is -2.19. The number of hydrogen-bond donors (Lipinski definition) is 1. The molecule has 2 nitrogen and oxygen atoms in total. The molecule has 0 radical (unpaired) electrons. The second-order valence-electron chi connectivity index (χ2n) is 3.95. The Morgan fingerprint density at radius 2 is 2.27 bits per heavy atom. The average Bonchev–Trinajstić information content (AvgIpc) is 2.04. The maximum absolute atomic E-state index is 10.7. The zero-order valence-corrected chi connectivity index (χ0v) is 7.22. The second kappa shape index (κ2) is 2.36. The van der Waals surface area contributed by atoms with Gasteiger partial charge in [-0.25, -0.2) is 4.79 Å². The Labute approximate surface area is 66.9 Å². The summed E-state index contributed by atoms with van der Waals surface area (Å²) in [5, 5.41) is 8.80. The fourth-order valence-electron chi connectivity index (χ4n) is 1.84. The molecule has 1 rings (SSSR count). The van der Waals surface area contributed by atoms with Crippen molar-refractivity contribution in [1.29, 1.82) is 0 Å². The third-order valence-electron chi connectivity index (χ3n) is 2.24. The molecular formula is C9H14O2. The summed E-state index contributed by atoms with van der Waals surface area (Å²) in [4.78, 5) is 10.7. The maximum atomic E-state index is 10.7. The highest BCUT2D eigenvalue weighted by Gasteiger charge is 2.34. The predicted octanol–water partition coefficient (Wildman–Crippen LogP) is 2.06. The molecule has 0 bridgehead atoms. The molecule has 11 heavy (non-hydrogen) atoms. The van der Waals surface area contributed by atoms with E-state index in [2.05, 4.69) is 6.92 Å². The zero-order chi connectivity index (χ0) is 8.65. The van der Waals surface area contributed by atoms with Gasteiger partial charge in [-0.1, -0.05) is 26.8 Å².